The van der Waals surface area contributed by atoms with Crippen LogP contribution in [-0.2, 0) is 18.5 Å². The van der Waals surface area contributed by atoms with E-state index in [1.807, 2.05) is 108 Å². The van der Waals surface area contributed by atoms with Gasteiger partial charge < -0.3 is 0 Å². The summed E-state index contributed by atoms with van der Waals surface area (Å²) in [6.45, 7) is 1.58. The quantitative estimate of drug-likeness (QED) is 0.0957. The third-order valence-corrected chi connectivity index (χ3v) is 25.9. The first kappa shape index (κ1) is 56.3. The number of halogens is 9. The minimum atomic E-state index is -5.12. The van der Waals surface area contributed by atoms with Crippen LogP contribution in [-0.4, -0.2) is 32.8 Å². The molecule has 0 aliphatic heterocycles. The fourth-order valence-electron chi connectivity index (χ4n) is 11.9. The summed E-state index contributed by atoms with van der Waals surface area (Å²) >= 11 is -3.87. The van der Waals surface area contributed by atoms with Crippen LogP contribution in [0.2, 0.25) is 0 Å². The number of hydrogen-bond donors (Lipinski definition) is 0. The molecule has 0 amide bonds. The summed E-state index contributed by atoms with van der Waals surface area (Å²) in [4.78, 5) is 15.5. The molecular formula is C73H47F9GeN4. The van der Waals surface area contributed by atoms with Crippen LogP contribution in [0.1, 0.15) is 22.3 Å². The van der Waals surface area contributed by atoms with E-state index in [-0.39, 0.29) is 28.6 Å². The minimum Gasteiger partial charge on any atom is -0.166 e. The molecule has 14 heteroatoms. The second-order valence-corrected chi connectivity index (χ2v) is 29.4. The van der Waals surface area contributed by atoms with E-state index in [2.05, 4.69) is 91.0 Å². The molecule has 87 heavy (non-hydrogen) atoms. The zero-order valence-corrected chi connectivity index (χ0v) is 48.2. The molecule has 0 unspecified atom stereocenters. The van der Waals surface area contributed by atoms with Crippen molar-refractivity contribution in [3.05, 3.63) is 289 Å². The maximum absolute atomic E-state index is 14.5. The van der Waals surface area contributed by atoms with E-state index in [1.165, 1.54) is 19.3 Å². The van der Waals surface area contributed by atoms with Gasteiger partial charge in [-0.15, -0.1) is 0 Å². The van der Waals surface area contributed by atoms with Gasteiger partial charge in [-0.05, 0) is 42.8 Å². The molecule has 0 fully saturated rings. The van der Waals surface area contributed by atoms with Gasteiger partial charge in [-0.1, -0.05) is 18.2 Å². The van der Waals surface area contributed by atoms with E-state index in [1.54, 1.807) is 43.3 Å². The molecule has 2 aromatic heterocycles. The monoisotopic (exact) mass is 1220 g/mol. The van der Waals surface area contributed by atoms with Crippen molar-refractivity contribution in [2.45, 2.75) is 25.5 Å². The van der Waals surface area contributed by atoms with E-state index >= 15 is 0 Å². The van der Waals surface area contributed by atoms with Gasteiger partial charge in [0.15, 0.2) is 0 Å². The van der Waals surface area contributed by atoms with Gasteiger partial charge in [-0.3, -0.25) is 0 Å². The van der Waals surface area contributed by atoms with E-state index in [4.69, 9.17) is 15.0 Å². The van der Waals surface area contributed by atoms with Gasteiger partial charge in [-0.2, -0.15) is 39.5 Å². The zero-order chi connectivity index (χ0) is 60.2. The average Bonchev–Trinajstić information content (AvgIpc) is 1.75. The van der Waals surface area contributed by atoms with Crippen molar-refractivity contribution in [3.63, 3.8) is 0 Å². The van der Waals surface area contributed by atoms with Crippen LogP contribution in [0.3, 0.4) is 0 Å². The molecule has 2 heterocycles. The van der Waals surface area contributed by atoms with Crippen molar-refractivity contribution >= 4 is 52.7 Å². The average molecular weight is 1220 g/mol. The summed E-state index contributed by atoms with van der Waals surface area (Å²) in [5.74, 6) is 0.881. The Bertz CT molecular complexity index is 4520. The molecule has 0 radical (unpaired) electrons. The number of alkyl halides is 9. The molecule has 426 valence electrons. The Labute approximate surface area is 496 Å². The summed E-state index contributed by atoms with van der Waals surface area (Å²) in [6.07, 6.45) is -14.9. The Kier molecular flexibility index (Phi) is 14.4. The van der Waals surface area contributed by atoms with Crippen LogP contribution >= 0.6 is 0 Å². The predicted molar refractivity (Wildman–Crippen MR) is 330 cm³/mol. The van der Waals surface area contributed by atoms with Gasteiger partial charge in [0.2, 0.25) is 0 Å². The normalized spacial score (nSPS) is 12.3. The van der Waals surface area contributed by atoms with Crippen LogP contribution in [0.4, 0.5) is 39.5 Å². The Morgan fingerprint density at radius 3 is 1.13 bits per heavy atom. The molecule has 0 spiro atoms. The Morgan fingerprint density at radius 2 is 0.667 bits per heavy atom. The molecule has 0 atom stereocenters. The fourth-order valence-corrected chi connectivity index (χ4v) is 21.9. The first-order valence-electron chi connectivity index (χ1n) is 27.8. The van der Waals surface area contributed by atoms with E-state index in [9.17, 15) is 39.5 Å². The molecule has 13 rings (SSSR count). The number of benzene rings is 11. The minimum absolute atomic E-state index is 0.0362. The Hall–Kier alpha value is -9.86. The number of aromatic nitrogens is 4. The van der Waals surface area contributed by atoms with Crippen molar-refractivity contribution in [1.29, 1.82) is 0 Å². The first-order valence-corrected chi connectivity index (χ1v) is 32.0. The number of aryl methyl sites for hydroxylation is 1. The van der Waals surface area contributed by atoms with Crippen molar-refractivity contribution < 1.29 is 39.5 Å². The molecule has 0 aliphatic carbocycles. The third kappa shape index (κ3) is 10.8. The number of nitrogens with zero attached hydrogens (tertiary/aromatic N) is 4. The van der Waals surface area contributed by atoms with Crippen molar-refractivity contribution in [2.75, 3.05) is 0 Å². The summed E-state index contributed by atoms with van der Waals surface area (Å²) in [6, 6.07) is 79.8. The van der Waals surface area contributed by atoms with Crippen LogP contribution < -0.4 is 17.6 Å². The van der Waals surface area contributed by atoms with E-state index in [0.717, 1.165) is 27.7 Å². The third-order valence-electron chi connectivity index (χ3n) is 15.9. The van der Waals surface area contributed by atoms with Crippen LogP contribution in [0, 0.1) is 6.92 Å². The number of fused-ring (bicyclic) bond motifs is 3. The second-order valence-electron chi connectivity index (χ2n) is 21.4. The standard InChI is InChI=1S/C73H47F9GeN4/c1-46-36-53(38-55(37-46)71(74,75)76)51-30-33-62-63-34-31-52(54-39-56(72(77,78)79)45-57(40-54)73(80,81)82)44-67(63)87(66(62)43-51)65-35-32-50(42-64(65)70-85-68(47-18-7-2-8-19-47)84-69(86-70)48-20-9-3-10-21-48)49-22-17-29-61(41-49)83(58-23-11-4-12-24-58,59-25-13-5-14-26-59)60-27-15-6-16-28-60/h2-45H,1H3. The van der Waals surface area contributed by atoms with Crippen molar-refractivity contribution in [1.82, 2.24) is 19.5 Å². The summed E-state index contributed by atoms with van der Waals surface area (Å²) < 4.78 is 137. The maximum atomic E-state index is 14.5. The molecule has 0 bridgehead atoms. The molecule has 0 saturated heterocycles. The van der Waals surface area contributed by atoms with Crippen LogP contribution in [0.15, 0.2) is 267 Å². The maximum Gasteiger partial charge on any atom is 0.416 e. The van der Waals surface area contributed by atoms with E-state index in [0.29, 0.717) is 79.1 Å². The first-order chi connectivity index (χ1) is 41.9. The summed E-state index contributed by atoms with van der Waals surface area (Å²) in [7, 11) is 0. The number of hydrogen-bond acceptors (Lipinski definition) is 3. The smallest absolute Gasteiger partial charge is 0.166 e. The van der Waals surface area contributed by atoms with Gasteiger partial charge >= 0.3 is 382 Å². The predicted octanol–water partition coefficient (Wildman–Crippen LogP) is 17.7. The molecule has 11 aromatic carbocycles. The number of rotatable bonds is 11. The Balaban J connectivity index is 1.12. The van der Waals surface area contributed by atoms with Gasteiger partial charge in [0.25, 0.3) is 0 Å². The van der Waals surface area contributed by atoms with E-state index < -0.39 is 48.5 Å². The van der Waals surface area contributed by atoms with Gasteiger partial charge in [0.05, 0.1) is 16.7 Å². The summed E-state index contributed by atoms with van der Waals surface area (Å²) in [5.41, 5.74) is 1.55. The largest absolute Gasteiger partial charge is 0.416 e. The SMILES string of the molecule is Cc1cc(-c2ccc3c4ccc(-c5cc(C(F)(F)F)cc(C(F)(F)F)c5)cc4n(-c4ccc(-c5ccc[c]([Ge]([c]6ccccc6)([c]6ccccc6)[c]6ccccc6)c5)cc4-c4nc(-c5ccccc5)nc(-c5ccccc5)n4)c3c2)cc(C(F)(F)F)c1. The fraction of sp³-hybridized carbons (Fsp3) is 0.0548. The Morgan fingerprint density at radius 1 is 0.299 bits per heavy atom. The van der Waals surface area contributed by atoms with Crippen molar-refractivity contribution in [2.24, 2.45) is 0 Å². The second kappa shape index (κ2) is 22.2. The topological polar surface area (TPSA) is 43.6 Å². The molecule has 0 aliphatic rings. The zero-order valence-electron chi connectivity index (χ0n) is 46.1. The molecule has 0 N–H and O–H groups in total. The summed E-state index contributed by atoms with van der Waals surface area (Å²) in [5, 5.41) is 1.13. The van der Waals surface area contributed by atoms with Crippen LogP contribution in [0.5, 0.6) is 0 Å². The van der Waals surface area contributed by atoms with Gasteiger partial charge in [0, 0.05) is 0 Å². The van der Waals surface area contributed by atoms with Crippen molar-refractivity contribution in [3.8, 4) is 73.2 Å². The molecule has 13 aromatic rings. The van der Waals surface area contributed by atoms with Gasteiger partial charge in [0.1, 0.15) is 0 Å². The molecule has 4 nitrogen and oxygen atoms in total. The van der Waals surface area contributed by atoms with Gasteiger partial charge in [-0.25, -0.2) is 0 Å². The molecular weight excluding hydrogens is 1180 g/mol. The van der Waals surface area contributed by atoms with Crippen LogP contribution in [0.25, 0.3) is 95.0 Å². The molecule has 0 saturated carbocycles.